The molecule has 0 radical (unpaired) electrons. The third-order valence-electron chi connectivity index (χ3n) is 1.13. The smallest absolute Gasteiger partial charge is 0.213 e. The Morgan fingerprint density at radius 2 is 1.92 bits per heavy atom. The average molecular weight is 241 g/mol. The van der Waals surface area contributed by atoms with Gasteiger partial charge in [0.05, 0.1) is 5.62 Å². The van der Waals surface area contributed by atoms with Crippen LogP contribution in [-0.4, -0.2) is 5.62 Å². The molecule has 0 bridgehead atoms. The monoisotopic (exact) mass is 240 g/mol. The lowest BCUT2D eigenvalue weighted by Crippen LogP contribution is -1.86. The van der Waals surface area contributed by atoms with E-state index in [1.165, 1.54) is 0 Å². The van der Waals surface area contributed by atoms with Gasteiger partial charge in [-0.2, -0.15) is 0 Å². The van der Waals surface area contributed by atoms with Gasteiger partial charge in [0.25, 0.3) is 0 Å². The molecule has 0 aliphatic heterocycles. The van der Waals surface area contributed by atoms with E-state index in [9.17, 15) is 0 Å². The molecule has 0 amide bonds. The largest absolute Gasteiger partial charge is 0.451 e. The van der Waals surface area contributed by atoms with E-state index in [1.54, 1.807) is 12.1 Å². The van der Waals surface area contributed by atoms with Gasteiger partial charge in [-0.1, -0.05) is 18.2 Å². The Morgan fingerprint density at radius 3 is 2.42 bits per heavy atom. The molecule has 0 spiro atoms. The van der Waals surface area contributed by atoms with Gasteiger partial charge in [0.15, 0.2) is 0 Å². The second-order valence-electron chi connectivity index (χ2n) is 2.11. The summed E-state index contributed by atoms with van der Waals surface area (Å²) in [6, 6.07) is 9.21. The van der Waals surface area contributed by atoms with Gasteiger partial charge in [-0.05, 0) is 35.2 Å². The standard InChI is InChI=1S/C7H7Cl2OPS/c8-6-11(9,12)10-7-4-2-1-3-5-7/h1-5H,6H2. The van der Waals surface area contributed by atoms with Crippen LogP contribution >= 0.6 is 28.5 Å². The highest BCUT2D eigenvalue weighted by Crippen LogP contribution is 2.53. The first-order valence-corrected chi connectivity index (χ1v) is 7.58. The summed E-state index contributed by atoms with van der Waals surface area (Å²) in [7, 11) is 0. The van der Waals surface area contributed by atoms with Gasteiger partial charge in [0.1, 0.15) is 5.75 Å². The SMILES string of the molecule is S=P(Cl)(CCl)Oc1ccccc1. The van der Waals surface area contributed by atoms with Crippen LogP contribution in [0.2, 0.25) is 0 Å². The van der Waals surface area contributed by atoms with Crippen molar-refractivity contribution in [3.8, 4) is 5.75 Å². The lowest BCUT2D eigenvalue weighted by Gasteiger charge is -2.12. The van der Waals surface area contributed by atoms with Gasteiger partial charge in [-0.15, -0.1) is 11.6 Å². The summed E-state index contributed by atoms with van der Waals surface area (Å²) in [4.78, 5) is 0. The minimum Gasteiger partial charge on any atom is -0.451 e. The number of benzene rings is 1. The van der Waals surface area contributed by atoms with Crippen molar-refractivity contribution in [3.63, 3.8) is 0 Å². The zero-order chi connectivity index (χ0) is 9.03. The molecule has 66 valence electrons. The highest BCUT2D eigenvalue weighted by atomic mass is 35.7. The van der Waals surface area contributed by atoms with Crippen LogP contribution < -0.4 is 4.52 Å². The molecule has 12 heavy (non-hydrogen) atoms. The highest BCUT2D eigenvalue weighted by molar-refractivity contribution is 8.25. The fourth-order valence-electron chi connectivity index (χ4n) is 0.663. The predicted molar refractivity (Wildman–Crippen MR) is 57.9 cm³/mol. The Hall–Kier alpha value is 0.250. The van der Waals surface area contributed by atoms with E-state index < -0.39 is 5.62 Å². The molecular formula is C7H7Cl2OPS. The molecule has 0 fully saturated rings. The quantitative estimate of drug-likeness (QED) is 0.587. The Labute approximate surface area is 86.5 Å². The molecule has 5 heteroatoms. The van der Waals surface area contributed by atoms with Crippen molar-refractivity contribution in [1.29, 1.82) is 0 Å². The Morgan fingerprint density at radius 1 is 1.33 bits per heavy atom. The topological polar surface area (TPSA) is 9.23 Å². The number of para-hydroxylation sites is 1. The van der Waals surface area contributed by atoms with Crippen LogP contribution in [0.3, 0.4) is 0 Å². The van der Waals surface area contributed by atoms with E-state index in [2.05, 4.69) is 0 Å². The lowest BCUT2D eigenvalue weighted by molar-refractivity contribution is 0.627. The number of rotatable bonds is 3. The minimum atomic E-state index is -2.32. The van der Waals surface area contributed by atoms with E-state index in [0.29, 0.717) is 5.75 Å². The molecule has 1 nitrogen and oxygen atoms in total. The first-order chi connectivity index (χ1) is 5.64. The molecule has 1 atom stereocenters. The molecule has 1 aromatic rings. The maximum absolute atomic E-state index is 5.83. The Bertz CT molecular complexity index is 291. The third kappa shape index (κ3) is 3.32. The molecule has 1 rings (SSSR count). The fourth-order valence-corrected chi connectivity index (χ4v) is 1.79. The van der Waals surface area contributed by atoms with Crippen LogP contribution in [0.25, 0.3) is 0 Å². The van der Waals surface area contributed by atoms with Gasteiger partial charge in [-0.3, -0.25) is 0 Å². The number of hydrogen-bond donors (Lipinski definition) is 0. The molecule has 0 heterocycles. The van der Waals surface area contributed by atoms with Crippen LogP contribution in [0.4, 0.5) is 0 Å². The van der Waals surface area contributed by atoms with Crippen molar-refractivity contribution in [1.82, 2.24) is 0 Å². The predicted octanol–water partition coefficient (Wildman–Crippen LogP) is 3.81. The summed E-state index contributed by atoms with van der Waals surface area (Å²) in [5.74, 6) is 0.677. The molecule has 0 N–H and O–H groups in total. The van der Waals surface area contributed by atoms with Crippen molar-refractivity contribution in [3.05, 3.63) is 30.3 Å². The maximum Gasteiger partial charge on any atom is 0.213 e. The van der Waals surface area contributed by atoms with Gasteiger partial charge in [-0.25, -0.2) is 0 Å². The normalized spacial score (nSPS) is 15.2. The van der Waals surface area contributed by atoms with Crippen LogP contribution in [0, 0.1) is 0 Å². The zero-order valence-electron chi connectivity index (χ0n) is 6.11. The molecular weight excluding hydrogens is 234 g/mol. The fraction of sp³-hybridized carbons (Fsp3) is 0.143. The molecule has 0 saturated heterocycles. The summed E-state index contributed by atoms with van der Waals surface area (Å²) in [5, 5.41) is 0. The summed E-state index contributed by atoms with van der Waals surface area (Å²) >= 11 is 16.3. The number of halogens is 2. The van der Waals surface area contributed by atoms with E-state index >= 15 is 0 Å². The van der Waals surface area contributed by atoms with E-state index in [1.807, 2.05) is 18.2 Å². The summed E-state index contributed by atoms with van der Waals surface area (Å²) in [6.07, 6.45) is 0. The van der Waals surface area contributed by atoms with Crippen molar-refractivity contribution in [2.24, 2.45) is 0 Å². The molecule has 1 unspecified atom stereocenters. The van der Waals surface area contributed by atoms with Crippen molar-refractivity contribution >= 4 is 40.3 Å². The second-order valence-corrected chi connectivity index (χ2v) is 8.44. The number of hydrogen-bond acceptors (Lipinski definition) is 2. The minimum absolute atomic E-state index is 0.179. The van der Waals surface area contributed by atoms with E-state index in [4.69, 9.17) is 39.2 Å². The zero-order valence-corrected chi connectivity index (χ0v) is 9.34. The summed E-state index contributed by atoms with van der Waals surface area (Å²) in [6.45, 7) is 0. The van der Waals surface area contributed by atoms with Crippen LogP contribution in [0.1, 0.15) is 0 Å². The molecule has 0 aliphatic rings. The van der Waals surface area contributed by atoms with Crippen LogP contribution in [0.5, 0.6) is 5.75 Å². The first kappa shape index (κ1) is 10.3. The Kier molecular flexibility index (Phi) is 3.85. The first-order valence-electron chi connectivity index (χ1n) is 3.23. The molecule has 1 aromatic carbocycles. The van der Waals surface area contributed by atoms with Crippen molar-refractivity contribution in [2.45, 2.75) is 0 Å². The third-order valence-corrected chi connectivity index (χ3v) is 4.88. The van der Waals surface area contributed by atoms with Crippen molar-refractivity contribution < 1.29 is 4.52 Å². The lowest BCUT2D eigenvalue weighted by atomic mass is 10.3. The Balaban J connectivity index is 2.71. The van der Waals surface area contributed by atoms with E-state index in [0.717, 1.165) is 0 Å². The molecule has 0 aromatic heterocycles. The summed E-state index contributed by atoms with van der Waals surface area (Å²) in [5.41, 5.74) is -2.14. The van der Waals surface area contributed by atoms with Gasteiger partial charge in [0, 0.05) is 0 Å². The van der Waals surface area contributed by atoms with Gasteiger partial charge in [0.2, 0.25) is 5.62 Å². The van der Waals surface area contributed by atoms with Gasteiger partial charge >= 0.3 is 0 Å². The van der Waals surface area contributed by atoms with Crippen molar-refractivity contribution in [2.75, 3.05) is 5.62 Å². The van der Waals surface area contributed by atoms with Gasteiger partial charge < -0.3 is 4.52 Å². The highest BCUT2D eigenvalue weighted by Gasteiger charge is 2.12. The van der Waals surface area contributed by atoms with Crippen LogP contribution in [0.15, 0.2) is 30.3 Å². The average Bonchev–Trinajstić information content (AvgIpc) is 2.06. The summed E-state index contributed by atoms with van der Waals surface area (Å²) < 4.78 is 5.31. The molecule has 0 aliphatic carbocycles. The second kappa shape index (κ2) is 4.48. The molecule has 0 saturated carbocycles. The van der Waals surface area contributed by atoms with E-state index in [-0.39, 0.29) is 5.62 Å². The maximum atomic E-state index is 5.83. The van der Waals surface area contributed by atoms with Crippen LogP contribution in [-0.2, 0) is 11.8 Å². The number of alkyl halides is 1.